The molecule has 1 fully saturated rings. The first-order valence-electron chi connectivity index (χ1n) is 8.38. The van der Waals surface area contributed by atoms with E-state index in [0.717, 1.165) is 23.9 Å². The number of ether oxygens (including phenoxy) is 2. The number of carbonyl (C=O) groups excluding carboxylic acids is 1. The molecule has 1 atom stereocenters. The van der Waals surface area contributed by atoms with E-state index in [1.807, 2.05) is 56.8 Å². The van der Waals surface area contributed by atoms with Gasteiger partial charge in [-0.15, -0.1) is 0 Å². The van der Waals surface area contributed by atoms with Gasteiger partial charge in [-0.1, -0.05) is 0 Å². The molecule has 3 rings (SSSR count). The average Bonchev–Trinajstić information content (AvgIpc) is 2.87. The molecule has 6 nitrogen and oxygen atoms in total. The van der Waals surface area contributed by atoms with E-state index in [2.05, 4.69) is 4.98 Å². The Morgan fingerprint density at radius 2 is 2.08 bits per heavy atom. The molecule has 1 saturated heterocycles. The minimum absolute atomic E-state index is 0.0588. The number of amides is 1. The largest absolute Gasteiger partial charge is 0.472 e. The Labute approximate surface area is 142 Å². The maximum Gasteiger partial charge on any atom is 0.410 e. The molecule has 0 aromatic carbocycles. The maximum absolute atomic E-state index is 12.2. The van der Waals surface area contributed by atoms with Gasteiger partial charge >= 0.3 is 6.09 Å². The quantitative estimate of drug-likeness (QED) is 0.847. The van der Waals surface area contributed by atoms with Crippen molar-refractivity contribution in [2.75, 3.05) is 13.1 Å². The summed E-state index contributed by atoms with van der Waals surface area (Å²) in [5.74, 6) is 0.598. The first kappa shape index (κ1) is 16.6. The molecule has 6 heteroatoms. The number of pyridine rings is 1. The smallest absolute Gasteiger partial charge is 0.410 e. The molecule has 0 radical (unpaired) electrons. The Morgan fingerprint density at radius 3 is 2.83 bits per heavy atom. The van der Waals surface area contributed by atoms with Gasteiger partial charge in [-0.25, -0.2) is 4.79 Å². The topological polar surface area (TPSA) is 56.6 Å². The Bertz CT molecular complexity index is 733. The lowest BCUT2D eigenvalue weighted by molar-refractivity contribution is 0.00725. The molecule has 0 bridgehead atoms. The van der Waals surface area contributed by atoms with E-state index in [1.165, 1.54) is 0 Å². The Kier molecular flexibility index (Phi) is 4.39. The lowest BCUT2D eigenvalue weighted by atomic mass is 10.1. The number of aromatic nitrogens is 2. The summed E-state index contributed by atoms with van der Waals surface area (Å²) in [7, 11) is 1.96. The number of hydrogen-bond acceptors (Lipinski definition) is 4. The van der Waals surface area contributed by atoms with Crippen molar-refractivity contribution in [1.82, 2.24) is 14.5 Å². The Hall–Kier alpha value is -2.24. The lowest BCUT2D eigenvalue weighted by Gasteiger charge is -2.33. The molecule has 0 aliphatic carbocycles. The second-order valence-electron chi connectivity index (χ2n) is 7.30. The summed E-state index contributed by atoms with van der Waals surface area (Å²) in [5.41, 5.74) is 0.414. The molecule has 1 unspecified atom stereocenters. The molecular formula is C18H25N3O3. The number of hydrogen-bond donors (Lipinski definition) is 0. The molecule has 3 heterocycles. The van der Waals surface area contributed by atoms with Crippen LogP contribution in [0.5, 0.6) is 5.88 Å². The van der Waals surface area contributed by atoms with Gasteiger partial charge in [0.05, 0.1) is 6.54 Å². The molecule has 2 aromatic rings. The predicted octanol–water partition coefficient (Wildman–Crippen LogP) is 3.35. The molecule has 0 saturated carbocycles. The van der Waals surface area contributed by atoms with Gasteiger partial charge < -0.3 is 18.9 Å². The second kappa shape index (κ2) is 6.34. The third-order valence-electron chi connectivity index (χ3n) is 4.01. The van der Waals surface area contributed by atoms with Gasteiger partial charge in [0, 0.05) is 31.2 Å². The summed E-state index contributed by atoms with van der Waals surface area (Å²) >= 11 is 0. The highest BCUT2D eigenvalue weighted by Crippen LogP contribution is 2.21. The van der Waals surface area contributed by atoms with E-state index < -0.39 is 5.60 Å². The van der Waals surface area contributed by atoms with Crippen molar-refractivity contribution >= 4 is 17.1 Å². The van der Waals surface area contributed by atoms with Gasteiger partial charge in [0.1, 0.15) is 17.4 Å². The molecule has 1 amide bonds. The maximum atomic E-state index is 12.2. The monoisotopic (exact) mass is 331 g/mol. The van der Waals surface area contributed by atoms with Gasteiger partial charge in [0.15, 0.2) is 0 Å². The zero-order chi connectivity index (χ0) is 17.3. The lowest BCUT2D eigenvalue weighted by Crippen LogP contribution is -2.46. The minimum atomic E-state index is -0.482. The number of aryl methyl sites for hydroxylation is 1. The number of likely N-dealkylation sites (tertiary alicyclic amines) is 1. The van der Waals surface area contributed by atoms with Gasteiger partial charge in [0.2, 0.25) is 5.88 Å². The van der Waals surface area contributed by atoms with Crippen LogP contribution in [0.15, 0.2) is 24.4 Å². The molecule has 0 spiro atoms. The standard InChI is InChI=1S/C18H25N3O3/c1-18(2,3)24-17(22)21-10-5-6-14(12-21)23-15-8-7-13-9-11-20(4)16(13)19-15/h7-9,11,14H,5-6,10,12H2,1-4H3. The summed E-state index contributed by atoms with van der Waals surface area (Å²) in [6, 6.07) is 5.91. The van der Waals surface area contributed by atoms with E-state index in [1.54, 1.807) is 4.90 Å². The fourth-order valence-electron chi connectivity index (χ4n) is 2.88. The summed E-state index contributed by atoms with van der Waals surface area (Å²) in [4.78, 5) is 18.5. The van der Waals surface area contributed by atoms with Crippen LogP contribution in [0, 0.1) is 0 Å². The minimum Gasteiger partial charge on any atom is -0.472 e. The van der Waals surface area contributed by atoms with Crippen LogP contribution >= 0.6 is 0 Å². The third-order valence-corrected chi connectivity index (χ3v) is 4.01. The highest BCUT2D eigenvalue weighted by Gasteiger charge is 2.28. The number of nitrogens with zero attached hydrogens (tertiary/aromatic N) is 3. The third kappa shape index (κ3) is 3.80. The van der Waals surface area contributed by atoms with Crippen LogP contribution in [0.1, 0.15) is 33.6 Å². The van der Waals surface area contributed by atoms with Crippen molar-refractivity contribution in [3.63, 3.8) is 0 Å². The molecule has 24 heavy (non-hydrogen) atoms. The highest BCUT2D eigenvalue weighted by molar-refractivity contribution is 5.76. The van der Waals surface area contributed by atoms with Crippen molar-refractivity contribution in [2.45, 2.75) is 45.3 Å². The van der Waals surface area contributed by atoms with Crippen molar-refractivity contribution in [3.05, 3.63) is 24.4 Å². The zero-order valence-corrected chi connectivity index (χ0v) is 14.8. The first-order valence-corrected chi connectivity index (χ1v) is 8.38. The number of piperidine rings is 1. The van der Waals surface area contributed by atoms with Gasteiger partial charge in [0.25, 0.3) is 0 Å². The van der Waals surface area contributed by atoms with Crippen molar-refractivity contribution in [2.24, 2.45) is 7.05 Å². The van der Waals surface area contributed by atoms with Crippen LogP contribution in [-0.4, -0.2) is 45.3 Å². The van der Waals surface area contributed by atoms with E-state index in [9.17, 15) is 4.79 Å². The summed E-state index contributed by atoms with van der Waals surface area (Å²) < 4.78 is 13.4. The number of fused-ring (bicyclic) bond motifs is 1. The number of carbonyl (C=O) groups is 1. The SMILES string of the molecule is Cn1ccc2ccc(OC3CCCN(C(=O)OC(C)(C)C)C3)nc21. The normalized spacial score (nSPS) is 18.7. The first-order chi connectivity index (χ1) is 11.3. The molecule has 1 aliphatic heterocycles. The van der Waals surface area contributed by atoms with E-state index in [0.29, 0.717) is 19.0 Å². The second-order valence-corrected chi connectivity index (χ2v) is 7.30. The summed E-state index contributed by atoms with van der Waals surface area (Å²) in [5, 5.41) is 1.09. The summed E-state index contributed by atoms with van der Waals surface area (Å²) in [6.07, 6.45) is 3.45. The Morgan fingerprint density at radius 1 is 1.29 bits per heavy atom. The molecule has 2 aromatic heterocycles. The van der Waals surface area contributed by atoms with Crippen molar-refractivity contribution in [3.8, 4) is 5.88 Å². The van der Waals surface area contributed by atoms with E-state index in [-0.39, 0.29) is 12.2 Å². The molecular weight excluding hydrogens is 306 g/mol. The summed E-state index contributed by atoms with van der Waals surface area (Å²) in [6.45, 7) is 6.87. The van der Waals surface area contributed by atoms with Crippen LogP contribution in [0.25, 0.3) is 11.0 Å². The van der Waals surface area contributed by atoms with Gasteiger partial charge in [-0.3, -0.25) is 0 Å². The van der Waals surface area contributed by atoms with Crippen LogP contribution in [0.4, 0.5) is 4.79 Å². The van der Waals surface area contributed by atoms with Crippen LogP contribution < -0.4 is 4.74 Å². The highest BCUT2D eigenvalue weighted by atomic mass is 16.6. The molecule has 1 aliphatic rings. The van der Waals surface area contributed by atoms with Crippen LogP contribution in [0.3, 0.4) is 0 Å². The zero-order valence-electron chi connectivity index (χ0n) is 14.8. The van der Waals surface area contributed by atoms with Crippen LogP contribution in [0.2, 0.25) is 0 Å². The van der Waals surface area contributed by atoms with Crippen molar-refractivity contribution in [1.29, 1.82) is 0 Å². The van der Waals surface area contributed by atoms with Gasteiger partial charge in [-0.2, -0.15) is 4.98 Å². The molecule has 0 N–H and O–H groups in total. The molecule has 130 valence electrons. The fourth-order valence-corrected chi connectivity index (χ4v) is 2.88. The number of rotatable bonds is 2. The Balaban J connectivity index is 1.66. The van der Waals surface area contributed by atoms with Crippen molar-refractivity contribution < 1.29 is 14.3 Å². The average molecular weight is 331 g/mol. The van der Waals surface area contributed by atoms with Crippen LogP contribution in [-0.2, 0) is 11.8 Å². The van der Waals surface area contributed by atoms with E-state index in [4.69, 9.17) is 9.47 Å². The van der Waals surface area contributed by atoms with Gasteiger partial charge in [-0.05, 0) is 45.7 Å². The van der Waals surface area contributed by atoms with E-state index >= 15 is 0 Å². The predicted molar refractivity (Wildman–Crippen MR) is 92.2 cm³/mol. The fraction of sp³-hybridized carbons (Fsp3) is 0.556.